The van der Waals surface area contributed by atoms with Gasteiger partial charge in [-0.05, 0) is 37.0 Å². The molecule has 0 bridgehead atoms. The van der Waals surface area contributed by atoms with Gasteiger partial charge in [0.25, 0.3) is 5.91 Å². The zero-order valence-electron chi connectivity index (χ0n) is 24.5. The van der Waals surface area contributed by atoms with Crippen LogP contribution < -0.4 is 15.4 Å². The molecule has 0 aliphatic carbocycles. The van der Waals surface area contributed by atoms with E-state index in [0.717, 1.165) is 18.4 Å². The number of hydrogen-bond acceptors (Lipinski definition) is 6. The van der Waals surface area contributed by atoms with Crippen LogP contribution >= 0.6 is 0 Å². The van der Waals surface area contributed by atoms with Gasteiger partial charge >= 0.3 is 0 Å². The van der Waals surface area contributed by atoms with Crippen LogP contribution in [-0.2, 0) is 25.6 Å². The monoisotopic (exact) mass is 589 g/mol. The first-order chi connectivity index (χ1) is 20.8. The molecule has 0 spiro atoms. The summed E-state index contributed by atoms with van der Waals surface area (Å²) in [5, 5.41) is 5.68. The SMILES string of the molecule is CC(=O)N1CCCN(C(=O)[C@@H]2CC(=O)N[C@@H](Cc3ccccc3)C(=O)N3CCC[C@@H]3COc3ccccc3C(=O)N2)CC1. The lowest BCUT2D eigenvalue weighted by Gasteiger charge is -2.31. The summed E-state index contributed by atoms with van der Waals surface area (Å²) in [4.78, 5) is 71.8. The Hall–Kier alpha value is -4.41. The maximum absolute atomic E-state index is 13.9. The summed E-state index contributed by atoms with van der Waals surface area (Å²) in [6.07, 6.45) is 2.08. The maximum atomic E-state index is 13.9. The molecule has 2 saturated heterocycles. The maximum Gasteiger partial charge on any atom is 0.255 e. The second-order valence-corrected chi connectivity index (χ2v) is 11.4. The summed E-state index contributed by atoms with van der Waals surface area (Å²) >= 11 is 0. The van der Waals surface area contributed by atoms with Gasteiger partial charge < -0.3 is 30.1 Å². The molecule has 2 aromatic rings. The first-order valence-electron chi connectivity index (χ1n) is 15.0. The number of nitrogens with zero attached hydrogens (tertiary/aromatic N) is 3. The second-order valence-electron chi connectivity index (χ2n) is 11.4. The minimum atomic E-state index is -1.18. The van der Waals surface area contributed by atoms with E-state index in [0.29, 0.717) is 38.3 Å². The minimum absolute atomic E-state index is 0.0639. The third-order valence-electron chi connectivity index (χ3n) is 8.38. The fourth-order valence-electron chi connectivity index (χ4n) is 6.06. The lowest BCUT2D eigenvalue weighted by molar-refractivity contribution is -0.139. The molecule has 3 aliphatic heterocycles. The second kappa shape index (κ2) is 13.7. The third kappa shape index (κ3) is 7.33. The van der Waals surface area contributed by atoms with Gasteiger partial charge in [0.15, 0.2) is 0 Å². The molecule has 0 aromatic heterocycles. The van der Waals surface area contributed by atoms with Crippen LogP contribution in [-0.4, -0.2) is 102 Å². The van der Waals surface area contributed by atoms with E-state index in [1.165, 1.54) is 6.92 Å². The standard InChI is InChI=1S/C32H39N5O6/c1-22(38)35-14-8-15-36(18-17-35)31(41)27-20-29(39)33-26(19-23-9-3-2-4-10-23)32(42)37-16-7-11-24(37)21-43-28-13-6-5-12-25(28)30(40)34-27/h2-6,9-10,12-13,24,26-27H,7-8,11,14-21H2,1H3,(H,33,39)(H,34,40)/t24-,26+,27+/m1/s1. The Bertz CT molecular complexity index is 1350. The van der Waals surface area contributed by atoms with Crippen LogP contribution in [0.25, 0.3) is 0 Å². The molecule has 0 saturated carbocycles. The fourth-order valence-corrected chi connectivity index (χ4v) is 6.06. The first kappa shape index (κ1) is 30.1. The summed E-state index contributed by atoms with van der Waals surface area (Å²) in [5.41, 5.74) is 1.14. The lowest BCUT2D eigenvalue weighted by Crippen LogP contribution is -2.55. The Balaban J connectivity index is 1.44. The molecule has 228 valence electrons. The number of fused-ring (bicyclic) bond motifs is 2. The van der Waals surface area contributed by atoms with Crippen LogP contribution in [0.15, 0.2) is 54.6 Å². The molecule has 11 nitrogen and oxygen atoms in total. The van der Waals surface area contributed by atoms with E-state index in [1.54, 1.807) is 39.0 Å². The number of rotatable bonds is 3. The smallest absolute Gasteiger partial charge is 0.255 e. The Morgan fingerprint density at radius 2 is 1.58 bits per heavy atom. The molecule has 0 radical (unpaired) electrons. The summed E-state index contributed by atoms with van der Waals surface area (Å²) in [5.74, 6) is -1.36. The molecular weight excluding hydrogens is 550 g/mol. The summed E-state index contributed by atoms with van der Waals surface area (Å²) in [7, 11) is 0. The highest BCUT2D eigenvalue weighted by molar-refractivity contribution is 6.01. The predicted molar refractivity (Wildman–Crippen MR) is 158 cm³/mol. The number of benzene rings is 2. The van der Waals surface area contributed by atoms with Crippen molar-refractivity contribution in [1.29, 1.82) is 0 Å². The number of ether oxygens (including phenoxy) is 1. The molecule has 3 atom stereocenters. The molecule has 0 unspecified atom stereocenters. The number of carbonyl (C=O) groups is 5. The Labute approximate surface area is 251 Å². The van der Waals surface area contributed by atoms with Gasteiger partial charge in [-0.15, -0.1) is 0 Å². The highest BCUT2D eigenvalue weighted by atomic mass is 16.5. The van der Waals surface area contributed by atoms with Crippen molar-refractivity contribution >= 4 is 29.5 Å². The van der Waals surface area contributed by atoms with Crippen molar-refractivity contribution in [3.63, 3.8) is 0 Å². The summed E-state index contributed by atoms with van der Waals surface area (Å²) < 4.78 is 6.13. The van der Waals surface area contributed by atoms with Crippen molar-refractivity contribution in [2.24, 2.45) is 0 Å². The van der Waals surface area contributed by atoms with E-state index >= 15 is 0 Å². The van der Waals surface area contributed by atoms with Crippen molar-refractivity contribution in [2.75, 3.05) is 39.3 Å². The molecule has 5 rings (SSSR count). The Morgan fingerprint density at radius 3 is 2.37 bits per heavy atom. The molecule has 2 aromatic carbocycles. The largest absolute Gasteiger partial charge is 0.491 e. The third-order valence-corrected chi connectivity index (χ3v) is 8.38. The molecule has 2 fully saturated rings. The van der Waals surface area contributed by atoms with Crippen LogP contribution in [0, 0.1) is 0 Å². The highest BCUT2D eigenvalue weighted by Crippen LogP contribution is 2.24. The average Bonchev–Trinajstić information content (AvgIpc) is 3.33. The van der Waals surface area contributed by atoms with Crippen LogP contribution in [0.3, 0.4) is 0 Å². The van der Waals surface area contributed by atoms with Gasteiger partial charge in [0.2, 0.25) is 23.6 Å². The van der Waals surface area contributed by atoms with Crippen LogP contribution in [0.2, 0.25) is 0 Å². The van der Waals surface area contributed by atoms with Crippen LogP contribution in [0.5, 0.6) is 5.75 Å². The molecule has 2 N–H and O–H groups in total. The van der Waals surface area contributed by atoms with Gasteiger partial charge in [-0.1, -0.05) is 42.5 Å². The normalized spacial score (nSPS) is 23.6. The van der Waals surface area contributed by atoms with Crippen molar-refractivity contribution in [3.05, 3.63) is 65.7 Å². The van der Waals surface area contributed by atoms with Crippen molar-refractivity contribution < 1.29 is 28.7 Å². The van der Waals surface area contributed by atoms with Crippen molar-refractivity contribution in [2.45, 2.75) is 57.2 Å². The highest BCUT2D eigenvalue weighted by Gasteiger charge is 2.37. The van der Waals surface area contributed by atoms with Gasteiger partial charge in [0.1, 0.15) is 24.4 Å². The lowest BCUT2D eigenvalue weighted by atomic mass is 10.0. The average molecular weight is 590 g/mol. The molecule has 5 amide bonds. The quantitative estimate of drug-likeness (QED) is 0.557. The van der Waals surface area contributed by atoms with Crippen molar-refractivity contribution in [1.82, 2.24) is 25.3 Å². The summed E-state index contributed by atoms with van der Waals surface area (Å²) in [6, 6.07) is 14.0. The predicted octanol–water partition coefficient (Wildman–Crippen LogP) is 1.37. The first-order valence-corrected chi connectivity index (χ1v) is 15.0. The Kier molecular flexibility index (Phi) is 9.58. The van der Waals surface area contributed by atoms with E-state index in [2.05, 4.69) is 10.6 Å². The summed E-state index contributed by atoms with van der Waals surface area (Å²) in [6.45, 7) is 3.82. The number of nitrogens with one attached hydrogen (secondary N) is 2. The van der Waals surface area contributed by atoms with Gasteiger partial charge in [-0.25, -0.2) is 0 Å². The number of hydrogen-bond donors (Lipinski definition) is 2. The van der Waals surface area contributed by atoms with Crippen molar-refractivity contribution in [3.8, 4) is 5.75 Å². The number of amides is 5. The molecule has 43 heavy (non-hydrogen) atoms. The minimum Gasteiger partial charge on any atom is -0.491 e. The number of carbonyl (C=O) groups excluding carboxylic acids is 5. The molecule has 3 aliphatic rings. The van der Waals surface area contributed by atoms with Gasteiger partial charge in [-0.3, -0.25) is 24.0 Å². The number of para-hydroxylation sites is 1. The van der Waals surface area contributed by atoms with E-state index in [9.17, 15) is 24.0 Å². The molecule has 11 heteroatoms. The Morgan fingerprint density at radius 1 is 0.860 bits per heavy atom. The van der Waals surface area contributed by atoms with Crippen LogP contribution in [0.4, 0.5) is 0 Å². The zero-order chi connectivity index (χ0) is 30.3. The van der Waals surface area contributed by atoms with Gasteiger partial charge in [0, 0.05) is 46.1 Å². The topological polar surface area (TPSA) is 128 Å². The molecular formula is C32H39N5O6. The van der Waals surface area contributed by atoms with E-state index in [1.807, 2.05) is 30.3 Å². The van der Waals surface area contributed by atoms with Crippen LogP contribution in [0.1, 0.15) is 48.5 Å². The fraction of sp³-hybridized carbons (Fsp3) is 0.469. The van der Waals surface area contributed by atoms with E-state index in [4.69, 9.17) is 4.74 Å². The van der Waals surface area contributed by atoms with Gasteiger partial charge in [-0.2, -0.15) is 0 Å². The van der Waals surface area contributed by atoms with E-state index < -0.39 is 29.8 Å². The van der Waals surface area contributed by atoms with E-state index in [-0.39, 0.29) is 49.4 Å². The zero-order valence-corrected chi connectivity index (χ0v) is 24.5. The van der Waals surface area contributed by atoms with Gasteiger partial charge in [0.05, 0.1) is 18.0 Å². The molecule has 3 heterocycles.